The van der Waals surface area contributed by atoms with E-state index >= 15 is 0 Å². The maximum Gasteiger partial charge on any atom is 0.0443 e. The minimum atomic E-state index is 0.693. The summed E-state index contributed by atoms with van der Waals surface area (Å²) in [5.41, 5.74) is 2.72. The van der Waals surface area contributed by atoms with Gasteiger partial charge in [-0.25, -0.2) is 0 Å². The van der Waals surface area contributed by atoms with E-state index in [9.17, 15) is 0 Å². The minimum absolute atomic E-state index is 0.693. The maximum atomic E-state index is 6.58. The van der Waals surface area contributed by atoms with E-state index in [4.69, 9.17) is 11.6 Å². The summed E-state index contributed by atoms with van der Waals surface area (Å²) in [6, 6.07) is 6.76. The standard InChI is InChI=1S/C21H30ClN/c22-21-17-18(9-8-16-23-14-6-1-2-7-15-23)12-13-20(21)19-10-4-3-5-11-19/h8,12-13,16-17,19H,1-7,9-11,14-15H2. The Labute approximate surface area is 146 Å². The van der Waals surface area contributed by atoms with Crippen LogP contribution in [0.25, 0.3) is 0 Å². The lowest BCUT2D eigenvalue weighted by Crippen LogP contribution is -2.17. The molecule has 1 aliphatic heterocycles. The second-order valence-corrected chi connectivity index (χ2v) is 7.64. The van der Waals surface area contributed by atoms with Crippen LogP contribution in [0.15, 0.2) is 30.5 Å². The molecule has 1 nitrogen and oxygen atoms in total. The molecule has 3 rings (SSSR count). The molecule has 0 N–H and O–H groups in total. The van der Waals surface area contributed by atoms with E-state index in [-0.39, 0.29) is 0 Å². The first-order valence-corrected chi connectivity index (χ1v) is 9.90. The fraction of sp³-hybridized carbons (Fsp3) is 0.619. The van der Waals surface area contributed by atoms with Crippen LogP contribution in [0.1, 0.15) is 74.8 Å². The number of rotatable bonds is 4. The number of allylic oxidation sites excluding steroid dienone is 1. The summed E-state index contributed by atoms with van der Waals surface area (Å²) >= 11 is 6.58. The van der Waals surface area contributed by atoms with Crippen molar-refractivity contribution in [3.05, 3.63) is 46.6 Å². The van der Waals surface area contributed by atoms with E-state index in [2.05, 4.69) is 35.4 Å². The highest BCUT2D eigenvalue weighted by atomic mass is 35.5. The van der Waals surface area contributed by atoms with E-state index in [1.54, 1.807) is 0 Å². The Bertz CT molecular complexity index is 509. The molecule has 1 aromatic carbocycles. The molecule has 2 aliphatic rings. The predicted molar refractivity (Wildman–Crippen MR) is 100 cm³/mol. The van der Waals surface area contributed by atoms with Crippen LogP contribution < -0.4 is 0 Å². The molecule has 23 heavy (non-hydrogen) atoms. The first-order chi connectivity index (χ1) is 11.3. The minimum Gasteiger partial charge on any atom is -0.378 e. The number of nitrogens with zero attached hydrogens (tertiary/aromatic N) is 1. The largest absolute Gasteiger partial charge is 0.378 e. The highest BCUT2D eigenvalue weighted by Gasteiger charge is 2.17. The molecular weight excluding hydrogens is 302 g/mol. The summed E-state index contributed by atoms with van der Waals surface area (Å²) < 4.78 is 0. The van der Waals surface area contributed by atoms with Crippen molar-refractivity contribution >= 4 is 11.6 Å². The van der Waals surface area contributed by atoms with Crippen LogP contribution in [0.5, 0.6) is 0 Å². The van der Waals surface area contributed by atoms with Crippen molar-refractivity contribution in [2.75, 3.05) is 13.1 Å². The SMILES string of the molecule is Clc1cc(CC=CN2CCCCCC2)ccc1C1CCCCC1. The number of likely N-dealkylation sites (tertiary alicyclic amines) is 1. The van der Waals surface area contributed by atoms with Gasteiger partial charge in [-0.3, -0.25) is 0 Å². The number of hydrogen-bond donors (Lipinski definition) is 0. The highest BCUT2D eigenvalue weighted by molar-refractivity contribution is 6.31. The van der Waals surface area contributed by atoms with Crippen LogP contribution in [0.2, 0.25) is 5.02 Å². The van der Waals surface area contributed by atoms with Crippen molar-refractivity contribution in [3.8, 4) is 0 Å². The first kappa shape index (κ1) is 16.9. The summed E-state index contributed by atoms with van der Waals surface area (Å²) in [5.74, 6) is 0.693. The van der Waals surface area contributed by atoms with Crippen LogP contribution in [-0.4, -0.2) is 18.0 Å². The Balaban J connectivity index is 1.56. The second-order valence-electron chi connectivity index (χ2n) is 7.23. The van der Waals surface area contributed by atoms with Gasteiger partial charge in [0.25, 0.3) is 0 Å². The normalized spacial score (nSPS) is 20.8. The molecule has 1 aliphatic carbocycles. The fourth-order valence-electron chi connectivity index (χ4n) is 4.02. The third-order valence-corrected chi connectivity index (χ3v) is 5.75. The lowest BCUT2D eigenvalue weighted by molar-refractivity contribution is 0.390. The van der Waals surface area contributed by atoms with E-state index in [1.807, 2.05) is 0 Å². The van der Waals surface area contributed by atoms with Crippen molar-refractivity contribution in [1.82, 2.24) is 4.90 Å². The van der Waals surface area contributed by atoms with Gasteiger partial charge in [0.15, 0.2) is 0 Å². The lowest BCUT2D eigenvalue weighted by Gasteiger charge is -2.23. The van der Waals surface area contributed by atoms with Gasteiger partial charge in [-0.15, -0.1) is 0 Å². The Morgan fingerprint density at radius 2 is 1.65 bits per heavy atom. The van der Waals surface area contributed by atoms with E-state index in [1.165, 1.54) is 82.0 Å². The molecule has 2 fully saturated rings. The number of halogens is 1. The van der Waals surface area contributed by atoms with Gasteiger partial charge in [-0.2, -0.15) is 0 Å². The molecule has 0 aromatic heterocycles. The topological polar surface area (TPSA) is 3.24 Å². The smallest absolute Gasteiger partial charge is 0.0443 e. The molecule has 0 radical (unpaired) electrons. The molecule has 0 spiro atoms. The van der Waals surface area contributed by atoms with Gasteiger partial charge in [0.05, 0.1) is 0 Å². The van der Waals surface area contributed by atoms with Gasteiger partial charge in [0.2, 0.25) is 0 Å². The zero-order valence-corrected chi connectivity index (χ0v) is 15.0. The van der Waals surface area contributed by atoms with E-state index in [0.717, 1.165) is 11.4 Å². The molecule has 1 saturated heterocycles. The summed E-state index contributed by atoms with van der Waals surface area (Å²) in [6.45, 7) is 2.44. The average molecular weight is 332 g/mol. The molecule has 0 unspecified atom stereocenters. The molecular formula is C21H30ClN. The van der Waals surface area contributed by atoms with Crippen LogP contribution in [-0.2, 0) is 6.42 Å². The Hall–Kier alpha value is -0.950. The zero-order chi connectivity index (χ0) is 15.9. The summed E-state index contributed by atoms with van der Waals surface area (Å²) in [4.78, 5) is 2.48. The van der Waals surface area contributed by atoms with Gasteiger partial charge in [0.1, 0.15) is 0 Å². The van der Waals surface area contributed by atoms with Crippen LogP contribution in [0.4, 0.5) is 0 Å². The van der Waals surface area contributed by atoms with Gasteiger partial charge < -0.3 is 4.90 Å². The predicted octanol–water partition coefficient (Wildman–Crippen LogP) is 6.32. The van der Waals surface area contributed by atoms with Crippen molar-refractivity contribution in [2.45, 2.75) is 70.1 Å². The quantitative estimate of drug-likeness (QED) is 0.624. The second kappa shape index (κ2) is 8.78. The molecule has 0 bridgehead atoms. The molecule has 1 aromatic rings. The van der Waals surface area contributed by atoms with Crippen molar-refractivity contribution in [2.24, 2.45) is 0 Å². The van der Waals surface area contributed by atoms with Crippen molar-refractivity contribution < 1.29 is 0 Å². The van der Waals surface area contributed by atoms with E-state index < -0.39 is 0 Å². The van der Waals surface area contributed by atoms with Gasteiger partial charge in [-0.05, 0) is 61.4 Å². The maximum absolute atomic E-state index is 6.58. The zero-order valence-electron chi connectivity index (χ0n) is 14.3. The van der Waals surface area contributed by atoms with E-state index in [0.29, 0.717) is 5.92 Å². The summed E-state index contributed by atoms with van der Waals surface area (Å²) in [7, 11) is 0. The first-order valence-electron chi connectivity index (χ1n) is 9.52. The van der Waals surface area contributed by atoms with Crippen LogP contribution >= 0.6 is 11.6 Å². The Morgan fingerprint density at radius 1 is 0.957 bits per heavy atom. The summed E-state index contributed by atoms with van der Waals surface area (Å²) in [6.07, 6.45) is 17.8. The summed E-state index contributed by atoms with van der Waals surface area (Å²) in [5, 5.41) is 0.984. The van der Waals surface area contributed by atoms with Crippen molar-refractivity contribution in [3.63, 3.8) is 0 Å². The van der Waals surface area contributed by atoms with Crippen molar-refractivity contribution in [1.29, 1.82) is 0 Å². The number of hydrogen-bond acceptors (Lipinski definition) is 1. The monoisotopic (exact) mass is 331 g/mol. The molecule has 0 atom stereocenters. The molecule has 1 heterocycles. The Morgan fingerprint density at radius 3 is 2.35 bits per heavy atom. The highest BCUT2D eigenvalue weighted by Crippen LogP contribution is 2.36. The molecule has 1 saturated carbocycles. The average Bonchev–Trinajstić information content (AvgIpc) is 2.85. The van der Waals surface area contributed by atoms with Crippen LogP contribution in [0, 0.1) is 0 Å². The molecule has 126 valence electrons. The fourth-order valence-corrected chi connectivity index (χ4v) is 4.38. The molecule has 2 heteroatoms. The third-order valence-electron chi connectivity index (χ3n) is 5.42. The van der Waals surface area contributed by atoms with Crippen LogP contribution in [0.3, 0.4) is 0 Å². The molecule has 0 amide bonds. The van der Waals surface area contributed by atoms with Gasteiger partial charge >= 0.3 is 0 Å². The van der Waals surface area contributed by atoms with Gasteiger partial charge in [-0.1, -0.05) is 61.9 Å². The third kappa shape index (κ3) is 5.01. The number of benzene rings is 1. The Kier molecular flexibility index (Phi) is 6.45. The van der Waals surface area contributed by atoms with Gasteiger partial charge in [0, 0.05) is 18.1 Å². The lowest BCUT2D eigenvalue weighted by atomic mass is 9.84.